The normalized spacial score (nSPS) is 17.9. The SMILES string of the molecule is CC(C)(CNCc1cc(Br)c(Cl)s1)N1CCOCC1. The monoisotopic (exact) mass is 366 g/mol. The quantitative estimate of drug-likeness (QED) is 0.863. The zero-order valence-electron chi connectivity index (χ0n) is 11.3. The maximum Gasteiger partial charge on any atom is 0.107 e. The Morgan fingerprint density at radius 2 is 2.16 bits per heavy atom. The molecule has 0 unspecified atom stereocenters. The fraction of sp³-hybridized carbons (Fsp3) is 0.692. The summed E-state index contributed by atoms with van der Waals surface area (Å²) in [6.07, 6.45) is 0. The zero-order chi connectivity index (χ0) is 13.9. The Balaban J connectivity index is 1.80. The van der Waals surface area contributed by atoms with Crippen molar-refractivity contribution < 1.29 is 4.74 Å². The number of ether oxygens (including phenoxy) is 1. The standard InChI is InChI=1S/C13H20BrClN2OS/c1-13(2,17-3-5-18-6-4-17)9-16-8-10-7-11(14)12(15)19-10/h7,16H,3-6,8-9H2,1-2H3. The van der Waals surface area contributed by atoms with Gasteiger partial charge in [0, 0.05) is 41.1 Å². The Labute approximate surface area is 132 Å². The van der Waals surface area contributed by atoms with E-state index < -0.39 is 0 Å². The number of thiophene rings is 1. The maximum absolute atomic E-state index is 6.04. The zero-order valence-corrected chi connectivity index (χ0v) is 14.5. The minimum atomic E-state index is 0.155. The second kappa shape index (κ2) is 6.87. The number of morpholine rings is 1. The minimum absolute atomic E-state index is 0.155. The van der Waals surface area contributed by atoms with Crippen molar-refractivity contribution in [3.8, 4) is 0 Å². The summed E-state index contributed by atoms with van der Waals surface area (Å²) in [5.41, 5.74) is 0.155. The molecule has 1 aromatic rings. The summed E-state index contributed by atoms with van der Waals surface area (Å²) in [7, 11) is 0. The van der Waals surface area contributed by atoms with Gasteiger partial charge in [-0.2, -0.15) is 0 Å². The summed E-state index contributed by atoms with van der Waals surface area (Å²) in [5.74, 6) is 0. The van der Waals surface area contributed by atoms with Crippen LogP contribution in [0.25, 0.3) is 0 Å². The van der Waals surface area contributed by atoms with Gasteiger partial charge < -0.3 is 10.1 Å². The van der Waals surface area contributed by atoms with Crippen LogP contribution in [0.1, 0.15) is 18.7 Å². The molecule has 1 saturated heterocycles. The van der Waals surface area contributed by atoms with Gasteiger partial charge in [-0.25, -0.2) is 0 Å². The molecule has 19 heavy (non-hydrogen) atoms. The first kappa shape index (κ1) is 15.7. The number of nitrogens with one attached hydrogen (secondary N) is 1. The number of hydrogen-bond donors (Lipinski definition) is 1. The molecule has 1 aliphatic rings. The molecule has 3 nitrogen and oxygen atoms in total. The van der Waals surface area contributed by atoms with E-state index in [0.29, 0.717) is 0 Å². The largest absolute Gasteiger partial charge is 0.379 e. The molecule has 0 bridgehead atoms. The van der Waals surface area contributed by atoms with Gasteiger partial charge in [0.2, 0.25) is 0 Å². The predicted molar refractivity (Wildman–Crippen MR) is 85.2 cm³/mol. The van der Waals surface area contributed by atoms with E-state index in [9.17, 15) is 0 Å². The first-order valence-electron chi connectivity index (χ1n) is 6.46. The first-order valence-corrected chi connectivity index (χ1v) is 8.45. The number of hydrogen-bond acceptors (Lipinski definition) is 4. The van der Waals surface area contributed by atoms with Crippen LogP contribution in [-0.4, -0.2) is 43.3 Å². The Kier molecular flexibility index (Phi) is 5.69. The Morgan fingerprint density at radius 1 is 1.47 bits per heavy atom. The lowest BCUT2D eigenvalue weighted by Gasteiger charge is -2.41. The fourth-order valence-electron chi connectivity index (χ4n) is 2.25. The Hall–Kier alpha value is 0.350. The van der Waals surface area contributed by atoms with Crippen molar-refractivity contribution >= 4 is 38.9 Å². The molecule has 1 aliphatic heterocycles. The van der Waals surface area contributed by atoms with Crippen molar-refractivity contribution in [1.29, 1.82) is 0 Å². The lowest BCUT2D eigenvalue weighted by molar-refractivity contribution is -0.00965. The average Bonchev–Trinajstić information content (AvgIpc) is 2.69. The van der Waals surface area contributed by atoms with Crippen LogP contribution in [0.15, 0.2) is 10.5 Å². The van der Waals surface area contributed by atoms with Gasteiger partial charge in [0.25, 0.3) is 0 Å². The Morgan fingerprint density at radius 3 is 2.74 bits per heavy atom. The number of rotatable bonds is 5. The van der Waals surface area contributed by atoms with Gasteiger partial charge in [-0.05, 0) is 35.8 Å². The molecule has 0 amide bonds. The van der Waals surface area contributed by atoms with Crippen molar-refractivity contribution in [1.82, 2.24) is 10.2 Å². The van der Waals surface area contributed by atoms with E-state index >= 15 is 0 Å². The van der Waals surface area contributed by atoms with Crippen LogP contribution < -0.4 is 5.32 Å². The van der Waals surface area contributed by atoms with Crippen molar-refractivity contribution in [3.63, 3.8) is 0 Å². The van der Waals surface area contributed by atoms with Crippen LogP contribution in [0.2, 0.25) is 4.34 Å². The van der Waals surface area contributed by atoms with E-state index in [1.807, 2.05) is 0 Å². The third-order valence-corrected chi connectivity index (χ3v) is 5.89. The first-order chi connectivity index (χ1) is 8.99. The van der Waals surface area contributed by atoms with Gasteiger partial charge in [-0.3, -0.25) is 4.90 Å². The van der Waals surface area contributed by atoms with Crippen molar-refractivity contribution in [2.75, 3.05) is 32.8 Å². The number of halogens is 2. The molecule has 0 spiro atoms. The molecule has 1 N–H and O–H groups in total. The highest BCUT2D eigenvalue weighted by Gasteiger charge is 2.27. The van der Waals surface area contributed by atoms with Gasteiger partial charge in [0.05, 0.1) is 13.2 Å². The van der Waals surface area contributed by atoms with E-state index in [1.165, 1.54) is 4.88 Å². The highest BCUT2D eigenvalue weighted by atomic mass is 79.9. The molecule has 1 fully saturated rings. The summed E-state index contributed by atoms with van der Waals surface area (Å²) in [5, 5.41) is 3.53. The molecular formula is C13H20BrClN2OS. The lowest BCUT2D eigenvalue weighted by Crippen LogP contribution is -2.54. The van der Waals surface area contributed by atoms with E-state index in [1.54, 1.807) is 11.3 Å². The molecule has 6 heteroatoms. The van der Waals surface area contributed by atoms with Gasteiger partial charge in [-0.15, -0.1) is 11.3 Å². The smallest absolute Gasteiger partial charge is 0.107 e. The van der Waals surface area contributed by atoms with Crippen LogP contribution >= 0.6 is 38.9 Å². The van der Waals surface area contributed by atoms with E-state index in [0.717, 1.165) is 48.2 Å². The van der Waals surface area contributed by atoms with Gasteiger partial charge in [-0.1, -0.05) is 11.6 Å². The second-order valence-electron chi connectivity index (χ2n) is 5.35. The molecule has 2 heterocycles. The summed E-state index contributed by atoms with van der Waals surface area (Å²) >= 11 is 11.1. The van der Waals surface area contributed by atoms with Crippen molar-refractivity contribution in [2.45, 2.75) is 25.9 Å². The maximum atomic E-state index is 6.04. The van der Waals surface area contributed by atoms with E-state index in [-0.39, 0.29) is 5.54 Å². The summed E-state index contributed by atoms with van der Waals surface area (Å²) in [6, 6.07) is 2.09. The minimum Gasteiger partial charge on any atom is -0.379 e. The summed E-state index contributed by atoms with van der Waals surface area (Å²) < 4.78 is 7.22. The highest BCUT2D eigenvalue weighted by Crippen LogP contribution is 2.31. The van der Waals surface area contributed by atoms with Gasteiger partial charge in [0.1, 0.15) is 4.34 Å². The molecule has 0 atom stereocenters. The second-order valence-corrected chi connectivity index (χ2v) is 7.94. The van der Waals surface area contributed by atoms with E-state index in [2.05, 4.69) is 46.1 Å². The van der Waals surface area contributed by atoms with Crippen LogP contribution in [0.3, 0.4) is 0 Å². The van der Waals surface area contributed by atoms with Crippen molar-refractivity contribution in [3.05, 3.63) is 19.8 Å². The molecular weight excluding hydrogens is 348 g/mol. The molecule has 2 rings (SSSR count). The van der Waals surface area contributed by atoms with E-state index in [4.69, 9.17) is 16.3 Å². The lowest BCUT2D eigenvalue weighted by atomic mass is 10.0. The highest BCUT2D eigenvalue weighted by molar-refractivity contribution is 9.10. The molecule has 108 valence electrons. The Bertz CT molecular complexity index is 399. The summed E-state index contributed by atoms with van der Waals surface area (Å²) in [6.45, 7) is 10.1. The fourth-order valence-corrected chi connectivity index (χ4v) is 4.01. The van der Waals surface area contributed by atoms with Gasteiger partial charge >= 0.3 is 0 Å². The molecule has 0 aromatic carbocycles. The molecule has 0 radical (unpaired) electrons. The topological polar surface area (TPSA) is 24.5 Å². The third-order valence-electron chi connectivity index (χ3n) is 3.42. The predicted octanol–water partition coefficient (Wildman–Crippen LogP) is 3.36. The summed E-state index contributed by atoms with van der Waals surface area (Å²) in [4.78, 5) is 3.75. The third kappa shape index (κ3) is 4.41. The van der Waals surface area contributed by atoms with Gasteiger partial charge in [0.15, 0.2) is 0 Å². The molecule has 0 saturated carbocycles. The van der Waals surface area contributed by atoms with Crippen LogP contribution in [0.4, 0.5) is 0 Å². The van der Waals surface area contributed by atoms with Crippen molar-refractivity contribution in [2.24, 2.45) is 0 Å². The number of nitrogens with zero attached hydrogens (tertiary/aromatic N) is 1. The average molecular weight is 368 g/mol. The molecule has 1 aromatic heterocycles. The molecule has 0 aliphatic carbocycles. The van der Waals surface area contributed by atoms with Crippen LogP contribution in [-0.2, 0) is 11.3 Å². The van der Waals surface area contributed by atoms with Crippen LogP contribution in [0, 0.1) is 0 Å². The van der Waals surface area contributed by atoms with Crippen LogP contribution in [0.5, 0.6) is 0 Å².